The molecular weight excluding hydrogens is 354 g/mol. The zero-order valence-electron chi connectivity index (χ0n) is 8.88. The van der Waals surface area contributed by atoms with E-state index in [2.05, 4.69) is 50.2 Å². The second-order valence-electron chi connectivity index (χ2n) is 3.46. The highest BCUT2D eigenvalue weighted by Crippen LogP contribution is 2.38. The molecule has 0 saturated heterocycles. The third-order valence-electron chi connectivity index (χ3n) is 2.40. The highest BCUT2D eigenvalue weighted by atomic mass is 79.9. The van der Waals surface area contributed by atoms with Crippen molar-refractivity contribution in [2.75, 3.05) is 7.05 Å². The average molecular weight is 365 g/mol. The van der Waals surface area contributed by atoms with Gasteiger partial charge in [-0.05, 0) is 63.5 Å². The van der Waals surface area contributed by atoms with Crippen LogP contribution >= 0.6 is 43.2 Å². The van der Waals surface area contributed by atoms with Crippen LogP contribution in [0.5, 0.6) is 0 Å². The number of thiophene rings is 1. The van der Waals surface area contributed by atoms with Gasteiger partial charge < -0.3 is 9.73 Å². The molecule has 0 spiro atoms. The molecule has 0 aliphatic carbocycles. The van der Waals surface area contributed by atoms with Crippen molar-refractivity contribution in [2.24, 2.45) is 0 Å². The van der Waals surface area contributed by atoms with Gasteiger partial charge in [0.15, 0.2) is 0 Å². The number of rotatable bonds is 3. The van der Waals surface area contributed by atoms with E-state index in [0.29, 0.717) is 0 Å². The Bertz CT molecular complexity index is 472. The highest BCUT2D eigenvalue weighted by Gasteiger charge is 2.20. The molecule has 0 amide bonds. The lowest BCUT2D eigenvalue weighted by atomic mass is 10.1. The molecule has 0 aliphatic heterocycles. The molecule has 1 atom stereocenters. The van der Waals surface area contributed by atoms with Crippen LogP contribution in [0.15, 0.2) is 31.1 Å². The number of halogens is 2. The maximum absolute atomic E-state index is 5.53. The zero-order chi connectivity index (χ0) is 11.7. The molecule has 2 heterocycles. The van der Waals surface area contributed by atoms with Gasteiger partial charge >= 0.3 is 0 Å². The van der Waals surface area contributed by atoms with Crippen LogP contribution < -0.4 is 5.32 Å². The number of aryl methyl sites for hydroxylation is 1. The number of hydrogen-bond acceptors (Lipinski definition) is 3. The maximum atomic E-state index is 5.53. The van der Waals surface area contributed by atoms with Crippen molar-refractivity contribution >= 4 is 43.2 Å². The molecule has 0 radical (unpaired) electrons. The van der Waals surface area contributed by atoms with Crippen LogP contribution in [0.2, 0.25) is 0 Å². The standard InChI is InChI=1S/C11H11Br2NOS/c1-6-3-4-15-10(6)9(14-2)8-5-7(12)11(13)16-8/h3-5,9,14H,1-2H3. The topological polar surface area (TPSA) is 25.2 Å². The molecule has 0 saturated carbocycles. The van der Waals surface area contributed by atoms with Crippen LogP contribution in [-0.2, 0) is 0 Å². The summed E-state index contributed by atoms with van der Waals surface area (Å²) in [5.74, 6) is 0.976. The van der Waals surface area contributed by atoms with Crippen molar-refractivity contribution in [3.63, 3.8) is 0 Å². The second-order valence-corrected chi connectivity index (χ2v) is 6.72. The quantitative estimate of drug-likeness (QED) is 0.868. The van der Waals surface area contributed by atoms with Crippen LogP contribution in [-0.4, -0.2) is 7.05 Å². The number of furan rings is 1. The van der Waals surface area contributed by atoms with Crippen molar-refractivity contribution in [1.82, 2.24) is 5.32 Å². The van der Waals surface area contributed by atoms with Gasteiger partial charge in [0, 0.05) is 9.35 Å². The number of nitrogens with one attached hydrogen (secondary N) is 1. The third kappa shape index (κ3) is 2.27. The van der Waals surface area contributed by atoms with Crippen molar-refractivity contribution in [3.8, 4) is 0 Å². The van der Waals surface area contributed by atoms with Crippen LogP contribution in [0.3, 0.4) is 0 Å². The summed E-state index contributed by atoms with van der Waals surface area (Å²) in [6, 6.07) is 4.21. The molecule has 1 unspecified atom stereocenters. The van der Waals surface area contributed by atoms with Gasteiger partial charge in [-0.15, -0.1) is 11.3 Å². The minimum atomic E-state index is 0.114. The summed E-state index contributed by atoms with van der Waals surface area (Å²) in [6.45, 7) is 2.06. The van der Waals surface area contributed by atoms with Gasteiger partial charge in [-0.3, -0.25) is 0 Å². The van der Waals surface area contributed by atoms with E-state index in [-0.39, 0.29) is 6.04 Å². The lowest BCUT2D eigenvalue weighted by Gasteiger charge is -2.12. The van der Waals surface area contributed by atoms with E-state index in [4.69, 9.17) is 4.42 Å². The smallest absolute Gasteiger partial charge is 0.128 e. The molecule has 2 aromatic heterocycles. The Balaban J connectivity index is 2.40. The van der Waals surface area contributed by atoms with Gasteiger partial charge in [0.2, 0.25) is 0 Å². The van der Waals surface area contributed by atoms with Crippen LogP contribution in [0, 0.1) is 6.92 Å². The van der Waals surface area contributed by atoms with E-state index in [9.17, 15) is 0 Å². The summed E-state index contributed by atoms with van der Waals surface area (Å²) in [7, 11) is 1.94. The van der Waals surface area contributed by atoms with E-state index in [0.717, 1.165) is 14.0 Å². The van der Waals surface area contributed by atoms with E-state index in [1.165, 1.54) is 10.4 Å². The molecule has 0 aromatic carbocycles. The van der Waals surface area contributed by atoms with Crippen LogP contribution in [0.25, 0.3) is 0 Å². The fourth-order valence-electron chi connectivity index (χ4n) is 1.59. The predicted octanol–water partition coefficient (Wildman–Crippen LogP) is 4.48. The third-order valence-corrected chi connectivity index (χ3v) is 5.72. The van der Waals surface area contributed by atoms with Crippen LogP contribution in [0.1, 0.15) is 22.2 Å². The highest BCUT2D eigenvalue weighted by molar-refractivity contribution is 9.13. The first-order valence-corrected chi connectivity index (χ1v) is 7.19. The fourth-order valence-corrected chi connectivity index (χ4v) is 3.79. The van der Waals surface area contributed by atoms with Crippen molar-refractivity contribution in [1.29, 1.82) is 0 Å². The van der Waals surface area contributed by atoms with Crippen molar-refractivity contribution in [2.45, 2.75) is 13.0 Å². The van der Waals surface area contributed by atoms with Gasteiger partial charge in [-0.2, -0.15) is 0 Å². The summed E-state index contributed by atoms with van der Waals surface area (Å²) in [6.07, 6.45) is 1.73. The Hall–Kier alpha value is -0.100. The summed E-state index contributed by atoms with van der Waals surface area (Å²) in [5, 5.41) is 3.28. The molecule has 0 bridgehead atoms. The monoisotopic (exact) mass is 363 g/mol. The van der Waals surface area contributed by atoms with Gasteiger partial charge in [-0.1, -0.05) is 0 Å². The molecule has 5 heteroatoms. The molecule has 1 N–H and O–H groups in total. The van der Waals surface area contributed by atoms with Crippen LogP contribution in [0.4, 0.5) is 0 Å². The average Bonchev–Trinajstić information content (AvgIpc) is 2.78. The minimum Gasteiger partial charge on any atom is -0.467 e. The minimum absolute atomic E-state index is 0.114. The number of hydrogen-bond donors (Lipinski definition) is 1. The first-order valence-electron chi connectivity index (χ1n) is 4.79. The summed E-state index contributed by atoms with van der Waals surface area (Å²) in [4.78, 5) is 1.22. The van der Waals surface area contributed by atoms with Crippen molar-refractivity contribution in [3.05, 3.63) is 42.9 Å². The predicted molar refractivity (Wildman–Crippen MR) is 74.1 cm³/mol. The Morgan fingerprint density at radius 1 is 1.44 bits per heavy atom. The van der Waals surface area contributed by atoms with E-state index >= 15 is 0 Å². The van der Waals surface area contributed by atoms with Gasteiger partial charge in [0.25, 0.3) is 0 Å². The normalized spacial score (nSPS) is 13.0. The summed E-state index contributed by atoms with van der Waals surface area (Å²) < 4.78 is 7.72. The molecule has 2 nitrogen and oxygen atoms in total. The lowest BCUT2D eigenvalue weighted by molar-refractivity contribution is 0.463. The Morgan fingerprint density at radius 3 is 2.62 bits per heavy atom. The van der Waals surface area contributed by atoms with E-state index in [1.54, 1.807) is 17.6 Å². The lowest BCUT2D eigenvalue weighted by Crippen LogP contribution is -2.16. The molecule has 16 heavy (non-hydrogen) atoms. The maximum Gasteiger partial charge on any atom is 0.128 e. The Labute approximate surface area is 115 Å². The SMILES string of the molecule is CNC(c1cc(Br)c(Br)s1)c1occc1C. The Kier molecular flexibility index (Phi) is 3.89. The summed E-state index contributed by atoms with van der Waals surface area (Å²) >= 11 is 8.71. The molecule has 2 aromatic rings. The molecule has 0 fully saturated rings. The van der Waals surface area contributed by atoms with Gasteiger partial charge in [0.05, 0.1) is 10.0 Å². The first kappa shape index (κ1) is 12.4. The fraction of sp³-hybridized carbons (Fsp3) is 0.273. The van der Waals surface area contributed by atoms with Gasteiger partial charge in [0.1, 0.15) is 11.8 Å². The molecule has 0 aliphatic rings. The van der Waals surface area contributed by atoms with Crippen molar-refractivity contribution < 1.29 is 4.42 Å². The Morgan fingerprint density at radius 2 is 2.19 bits per heavy atom. The zero-order valence-corrected chi connectivity index (χ0v) is 12.9. The largest absolute Gasteiger partial charge is 0.467 e. The summed E-state index contributed by atoms with van der Waals surface area (Å²) in [5.41, 5.74) is 1.17. The van der Waals surface area contributed by atoms with E-state index < -0.39 is 0 Å². The molecule has 86 valence electrons. The molecule has 2 rings (SSSR count). The first-order chi connectivity index (χ1) is 7.63. The van der Waals surface area contributed by atoms with E-state index in [1.807, 2.05) is 13.1 Å². The molecular formula is C11H11Br2NOS. The van der Waals surface area contributed by atoms with Gasteiger partial charge in [-0.25, -0.2) is 0 Å². The second kappa shape index (κ2) is 5.04.